The average Bonchev–Trinajstić information content (AvgIpc) is 3.11. The number of aromatic hydroxyl groups is 1. The molecular formula is C23H23N3O4. The molecule has 30 heavy (non-hydrogen) atoms. The van der Waals surface area contributed by atoms with Crippen molar-refractivity contribution in [3.63, 3.8) is 0 Å². The van der Waals surface area contributed by atoms with Gasteiger partial charge in [0, 0.05) is 43.1 Å². The summed E-state index contributed by atoms with van der Waals surface area (Å²) in [5, 5.41) is 16.5. The molecule has 1 aromatic heterocycles. The average molecular weight is 405 g/mol. The van der Waals surface area contributed by atoms with Crippen LogP contribution in [0.5, 0.6) is 11.5 Å². The van der Waals surface area contributed by atoms with Crippen LogP contribution in [-0.2, 0) is 11.8 Å². The molecule has 3 aromatic rings. The van der Waals surface area contributed by atoms with E-state index in [4.69, 9.17) is 9.47 Å². The second kappa shape index (κ2) is 9.63. The lowest BCUT2D eigenvalue weighted by molar-refractivity contribution is 0.0917. The smallest absolute Gasteiger partial charge is 0.257 e. The maximum atomic E-state index is 12.7. The van der Waals surface area contributed by atoms with E-state index in [1.807, 2.05) is 6.92 Å². The molecule has 0 unspecified atom stereocenters. The molecular weight excluding hydrogens is 382 g/mol. The summed E-state index contributed by atoms with van der Waals surface area (Å²) in [6.45, 7) is 2.29. The van der Waals surface area contributed by atoms with Gasteiger partial charge in [-0.3, -0.25) is 9.48 Å². The van der Waals surface area contributed by atoms with Crippen molar-refractivity contribution in [1.29, 1.82) is 0 Å². The Bertz CT molecular complexity index is 1100. The Balaban J connectivity index is 1.90. The van der Waals surface area contributed by atoms with Gasteiger partial charge in [0.15, 0.2) is 5.82 Å². The van der Waals surface area contributed by atoms with Crippen LogP contribution in [0.15, 0.2) is 54.7 Å². The summed E-state index contributed by atoms with van der Waals surface area (Å²) in [5.74, 6) is 6.80. The number of hydrogen-bond donors (Lipinski definition) is 2. The third-order valence-electron chi connectivity index (χ3n) is 4.06. The molecule has 0 saturated heterocycles. The van der Waals surface area contributed by atoms with Crippen LogP contribution >= 0.6 is 0 Å². The third kappa shape index (κ3) is 5.87. The summed E-state index contributed by atoms with van der Waals surface area (Å²) in [6, 6.07) is 13.5. The third-order valence-corrected chi connectivity index (χ3v) is 4.06. The fourth-order valence-corrected chi connectivity index (χ4v) is 2.77. The lowest BCUT2D eigenvalue weighted by atomic mass is 10.1. The summed E-state index contributed by atoms with van der Waals surface area (Å²) in [6.07, 6.45) is 1.55. The first-order valence-corrected chi connectivity index (χ1v) is 9.35. The maximum absolute atomic E-state index is 12.7. The van der Waals surface area contributed by atoms with E-state index in [2.05, 4.69) is 22.3 Å². The monoisotopic (exact) mass is 405 g/mol. The van der Waals surface area contributed by atoms with Crippen LogP contribution in [0.4, 0.5) is 5.82 Å². The van der Waals surface area contributed by atoms with Crippen molar-refractivity contribution in [1.82, 2.24) is 9.78 Å². The van der Waals surface area contributed by atoms with Gasteiger partial charge in [0.2, 0.25) is 0 Å². The minimum Gasteiger partial charge on any atom is -0.508 e. The first-order valence-electron chi connectivity index (χ1n) is 9.35. The molecule has 3 rings (SSSR count). The van der Waals surface area contributed by atoms with Crippen molar-refractivity contribution in [2.24, 2.45) is 7.05 Å². The van der Waals surface area contributed by atoms with E-state index >= 15 is 0 Å². The highest BCUT2D eigenvalue weighted by molar-refractivity contribution is 6.04. The molecule has 2 N–H and O–H groups in total. The van der Waals surface area contributed by atoms with Crippen molar-refractivity contribution >= 4 is 11.7 Å². The van der Waals surface area contributed by atoms with Gasteiger partial charge in [0.05, 0.1) is 6.61 Å². The number of amides is 1. The molecule has 0 radical (unpaired) electrons. The standard InChI is InChI=1S/C23H23N3O4/c1-16(15-29-3)30-21-13-18(8-7-17-5-4-6-20(27)12-17)11-19(14-21)23(28)24-22-9-10-26(2)25-22/h4-6,9-14,16,27H,15H2,1-3H3,(H,24,25,28)/t16-/m0/s1. The number of methoxy groups -OCH3 is 1. The molecule has 0 spiro atoms. The lowest BCUT2D eigenvalue weighted by Gasteiger charge is -2.15. The van der Waals surface area contributed by atoms with E-state index in [-0.39, 0.29) is 17.8 Å². The number of nitrogens with one attached hydrogen (secondary N) is 1. The highest BCUT2D eigenvalue weighted by atomic mass is 16.5. The molecule has 1 atom stereocenters. The zero-order valence-electron chi connectivity index (χ0n) is 17.0. The second-order valence-electron chi connectivity index (χ2n) is 6.76. The van der Waals surface area contributed by atoms with Crippen molar-refractivity contribution < 1.29 is 19.4 Å². The predicted octanol–water partition coefficient (Wildman–Crippen LogP) is 3.19. The van der Waals surface area contributed by atoms with Crippen LogP contribution < -0.4 is 10.1 Å². The number of anilines is 1. The van der Waals surface area contributed by atoms with Crippen molar-refractivity contribution in [3.8, 4) is 23.3 Å². The van der Waals surface area contributed by atoms with Gasteiger partial charge in [-0.1, -0.05) is 17.9 Å². The van der Waals surface area contributed by atoms with E-state index in [0.717, 1.165) is 0 Å². The zero-order chi connectivity index (χ0) is 21.5. The van der Waals surface area contributed by atoms with Gasteiger partial charge in [-0.15, -0.1) is 0 Å². The van der Waals surface area contributed by atoms with Crippen molar-refractivity contribution in [3.05, 3.63) is 71.4 Å². The van der Waals surface area contributed by atoms with Gasteiger partial charge in [0.25, 0.3) is 5.91 Å². The Morgan fingerprint density at radius 3 is 2.70 bits per heavy atom. The molecule has 0 bridgehead atoms. The molecule has 0 aliphatic rings. The molecule has 1 amide bonds. The Hall–Kier alpha value is -3.76. The molecule has 0 aliphatic heterocycles. The molecule has 7 heteroatoms. The number of hydrogen-bond acceptors (Lipinski definition) is 5. The van der Waals surface area contributed by atoms with E-state index in [1.165, 1.54) is 0 Å². The number of ether oxygens (including phenoxy) is 2. The van der Waals surface area contributed by atoms with Crippen LogP contribution in [0.3, 0.4) is 0 Å². The minimum atomic E-state index is -0.320. The molecule has 0 saturated carbocycles. The second-order valence-corrected chi connectivity index (χ2v) is 6.76. The summed E-state index contributed by atoms with van der Waals surface area (Å²) >= 11 is 0. The quantitative estimate of drug-likeness (QED) is 0.615. The van der Waals surface area contributed by atoms with Gasteiger partial charge < -0.3 is 19.9 Å². The summed E-state index contributed by atoms with van der Waals surface area (Å²) in [7, 11) is 3.37. The fourth-order valence-electron chi connectivity index (χ4n) is 2.77. The molecule has 2 aromatic carbocycles. The largest absolute Gasteiger partial charge is 0.508 e. The number of aromatic nitrogens is 2. The van der Waals surface area contributed by atoms with Crippen LogP contribution in [0.1, 0.15) is 28.4 Å². The molecule has 154 valence electrons. The first-order chi connectivity index (χ1) is 14.4. The summed E-state index contributed by atoms with van der Waals surface area (Å²) < 4.78 is 12.6. The summed E-state index contributed by atoms with van der Waals surface area (Å²) in [5.41, 5.74) is 1.66. The van der Waals surface area contributed by atoms with Crippen LogP contribution in [0, 0.1) is 11.8 Å². The van der Waals surface area contributed by atoms with Crippen LogP contribution in [0.25, 0.3) is 0 Å². The number of rotatable bonds is 6. The number of phenols is 1. The molecule has 0 aliphatic carbocycles. The number of carbonyl (C=O) groups is 1. The fraction of sp³-hybridized carbons (Fsp3) is 0.217. The zero-order valence-corrected chi connectivity index (χ0v) is 17.0. The summed E-state index contributed by atoms with van der Waals surface area (Å²) in [4.78, 5) is 12.7. The normalized spacial score (nSPS) is 11.3. The van der Waals surface area contributed by atoms with E-state index in [1.54, 1.807) is 73.6 Å². The Labute approximate surface area is 175 Å². The molecule has 7 nitrogen and oxygen atoms in total. The number of carbonyl (C=O) groups excluding carboxylic acids is 1. The van der Waals surface area contributed by atoms with Crippen LogP contribution in [-0.4, -0.2) is 40.6 Å². The SMILES string of the molecule is COC[C@H](C)Oc1cc(C#Cc2cccc(O)c2)cc(C(=O)Nc2ccn(C)n2)c1. The minimum absolute atomic E-state index is 0.141. The van der Waals surface area contributed by atoms with Gasteiger partial charge >= 0.3 is 0 Å². The Kier molecular flexibility index (Phi) is 6.73. The Morgan fingerprint density at radius 1 is 1.20 bits per heavy atom. The van der Waals surface area contributed by atoms with Gasteiger partial charge in [-0.25, -0.2) is 0 Å². The predicted molar refractivity (Wildman–Crippen MR) is 114 cm³/mol. The highest BCUT2D eigenvalue weighted by Gasteiger charge is 2.12. The van der Waals surface area contributed by atoms with Crippen molar-refractivity contribution in [2.45, 2.75) is 13.0 Å². The van der Waals surface area contributed by atoms with E-state index in [9.17, 15) is 9.90 Å². The maximum Gasteiger partial charge on any atom is 0.257 e. The topological polar surface area (TPSA) is 85.6 Å². The van der Waals surface area contributed by atoms with Gasteiger partial charge in [-0.2, -0.15) is 5.10 Å². The molecule has 0 fully saturated rings. The Morgan fingerprint density at radius 2 is 2.00 bits per heavy atom. The van der Waals surface area contributed by atoms with Gasteiger partial charge in [-0.05, 0) is 43.3 Å². The first kappa shape index (κ1) is 21.0. The van der Waals surface area contributed by atoms with E-state index < -0.39 is 0 Å². The van der Waals surface area contributed by atoms with Crippen LogP contribution in [0.2, 0.25) is 0 Å². The lowest BCUT2D eigenvalue weighted by Crippen LogP contribution is -2.19. The number of phenolic OH excluding ortho intramolecular Hbond substituents is 1. The van der Waals surface area contributed by atoms with Crippen molar-refractivity contribution in [2.75, 3.05) is 19.0 Å². The number of nitrogens with zero attached hydrogens (tertiary/aromatic N) is 2. The van der Waals surface area contributed by atoms with E-state index in [0.29, 0.717) is 34.9 Å². The number of benzene rings is 2. The van der Waals surface area contributed by atoms with Gasteiger partial charge in [0.1, 0.15) is 17.6 Å². The molecule has 1 heterocycles. The highest BCUT2D eigenvalue weighted by Crippen LogP contribution is 2.20. The number of aryl methyl sites for hydroxylation is 1.